The standard InChI is InChI=1S/C13H13NO3/c1-17-12-4-2-3-11-10(12)6-9-5-8(13(15)16)7-14(9)11/h2-4,6,8H,5,7H2,1H3,(H,15,16). The summed E-state index contributed by atoms with van der Waals surface area (Å²) in [5.41, 5.74) is 2.14. The molecule has 1 N–H and O–H groups in total. The van der Waals surface area contributed by atoms with Crippen molar-refractivity contribution >= 4 is 16.9 Å². The molecule has 3 rings (SSSR count). The molecule has 4 heteroatoms. The van der Waals surface area contributed by atoms with Crippen LogP contribution in [0.4, 0.5) is 0 Å². The van der Waals surface area contributed by atoms with Gasteiger partial charge in [0.1, 0.15) is 5.75 Å². The number of aliphatic carboxylic acids is 1. The molecule has 0 bridgehead atoms. The molecule has 1 aliphatic rings. The molecule has 0 aliphatic carbocycles. The summed E-state index contributed by atoms with van der Waals surface area (Å²) in [4.78, 5) is 11.0. The van der Waals surface area contributed by atoms with Gasteiger partial charge in [0, 0.05) is 24.0 Å². The van der Waals surface area contributed by atoms with Crippen molar-refractivity contribution in [3.63, 3.8) is 0 Å². The van der Waals surface area contributed by atoms with Gasteiger partial charge in [-0.2, -0.15) is 0 Å². The first-order chi connectivity index (χ1) is 8.20. The van der Waals surface area contributed by atoms with Gasteiger partial charge in [-0.05, 0) is 18.2 Å². The Morgan fingerprint density at radius 1 is 1.53 bits per heavy atom. The molecule has 1 atom stereocenters. The number of carbonyl (C=O) groups is 1. The Hall–Kier alpha value is -1.97. The van der Waals surface area contributed by atoms with Gasteiger partial charge in [0.2, 0.25) is 0 Å². The number of benzene rings is 1. The molecule has 17 heavy (non-hydrogen) atoms. The van der Waals surface area contributed by atoms with Crippen molar-refractivity contribution < 1.29 is 14.6 Å². The van der Waals surface area contributed by atoms with E-state index in [1.165, 1.54) is 0 Å². The van der Waals surface area contributed by atoms with Gasteiger partial charge in [-0.15, -0.1) is 0 Å². The zero-order valence-electron chi connectivity index (χ0n) is 9.51. The van der Waals surface area contributed by atoms with Gasteiger partial charge in [0.15, 0.2) is 0 Å². The number of carboxylic acids is 1. The van der Waals surface area contributed by atoms with Crippen molar-refractivity contribution in [1.29, 1.82) is 0 Å². The smallest absolute Gasteiger partial charge is 0.308 e. The number of aromatic nitrogens is 1. The molecule has 2 aromatic rings. The zero-order chi connectivity index (χ0) is 12.0. The van der Waals surface area contributed by atoms with E-state index < -0.39 is 5.97 Å². The van der Waals surface area contributed by atoms with Crippen LogP contribution in [0.25, 0.3) is 10.9 Å². The third-order valence-corrected chi connectivity index (χ3v) is 3.42. The predicted molar refractivity (Wildman–Crippen MR) is 63.3 cm³/mol. The fourth-order valence-electron chi connectivity index (χ4n) is 2.58. The second kappa shape index (κ2) is 3.52. The van der Waals surface area contributed by atoms with E-state index in [1.54, 1.807) is 7.11 Å². The van der Waals surface area contributed by atoms with Crippen LogP contribution in [-0.2, 0) is 17.8 Å². The van der Waals surface area contributed by atoms with Crippen molar-refractivity contribution in [2.45, 2.75) is 13.0 Å². The maximum Gasteiger partial charge on any atom is 0.308 e. The lowest BCUT2D eigenvalue weighted by molar-refractivity contribution is -0.141. The highest BCUT2D eigenvalue weighted by molar-refractivity contribution is 5.88. The van der Waals surface area contributed by atoms with Gasteiger partial charge in [-0.1, -0.05) is 6.07 Å². The first-order valence-electron chi connectivity index (χ1n) is 5.58. The van der Waals surface area contributed by atoms with E-state index in [4.69, 9.17) is 9.84 Å². The van der Waals surface area contributed by atoms with Crippen LogP contribution < -0.4 is 4.74 Å². The van der Waals surface area contributed by atoms with E-state index in [0.29, 0.717) is 13.0 Å². The number of hydrogen-bond donors (Lipinski definition) is 1. The number of ether oxygens (including phenoxy) is 1. The molecule has 0 radical (unpaired) electrons. The van der Waals surface area contributed by atoms with Crippen LogP contribution in [0, 0.1) is 5.92 Å². The minimum absolute atomic E-state index is 0.291. The number of rotatable bonds is 2. The van der Waals surface area contributed by atoms with E-state index in [2.05, 4.69) is 4.57 Å². The highest BCUT2D eigenvalue weighted by atomic mass is 16.5. The molecule has 4 nitrogen and oxygen atoms in total. The summed E-state index contributed by atoms with van der Waals surface area (Å²) in [6, 6.07) is 7.90. The normalized spacial score (nSPS) is 18.3. The van der Waals surface area contributed by atoms with Gasteiger partial charge < -0.3 is 14.4 Å². The topological polar surface area (TPSA) is 51.5 Å². The molecular formula is C13H13NO3. The second-order valence-corrected chi connectivity index (χ2v) is 4.38. The lowest BCUT2D eigenvalue weighted by Gasteiger charge is -2.05. The maximum atomic E-state index is 11.0. The first kappa shape index (κ1) is 10.2. The van der Waals surface area contributed by atoms with Crippen LogP contribution >= 0.6 is 0 Å². The highest BCUT2D eigenvalue weighted by Crippen LogP contribution is 2.33. The van der Waals surface area contributed by atoms with Crippen LogP contribution in [0.5, 0.6) is 5.75 Å². The Balaban J connectivity index is 2.13. The molecule has 0 amide bonds. The van der Waals surface area contributed by atoms with Gasteiger partial charge >= 0.3 is 5.97 Å². The summed E-state index contributed by atoms with van der Waals surface area (Å²) in [7, 11) is 1.65. The van der Waals surface area contributed by atoms with Crippen molar-refractivity contribution in [2.24, 2.45) is 5.92 Å². The minimum atomic E-state index is -0.718. The number of hydrogen-bond acceptors (Lipinski definition) is 2. The van der Waals surface area contributed by atoms with E-state index >= 15 is 0 Å². The van der Waals surface area contributed by atoms with Gasteiger partial charge in [-0.3, -0.25) is 4.79 Å². The Labute approximate surface area is 98.4 Å². The number of fused-ring (bicyclic) bond motifs is 3. The monoisotopic (exact) mass is 231 g/mol. The SMILES string of the molecule is COc1cccc2c1cc1n2CC(C(=O)O)C1. The molecule has 0 fully saturated rings. The molecule has 0 spiro atoms. The molecular weight excluding hydrogens is 218 g/mol. The summed E-state index contributed by atoms with van der Waals surface area (Å²) in [6.45, 7) is 0.557. The largest absolute Gasteiger partial charge is 0.496 e. The molecule has 0 saturated carbocycles. The Morgan fingerprint density at radius 2 is 2.35 bits per heavy atom. The Morgan fingerprint density at radius 3 is 3.06 bits per heavy atom. The van der Waals surface area contributed by atoms with E-state index in [0.717, 1.165) is 22.3 Å². The van der Waals surface area contributed by atoms with E-state index in [1.807, 2.05) is 24.3 Å². The lowest BCUT2D eigenvalue weighted by atomic mass is 10.1. The van der Waals surface area contributed by atoms with Crippen LogP contribution in [0.3, 0.4) is 0 Å². The summed E-state index contributed by atoms with van der Waals surface area (Å²) in [5.74, 6) is -0.165. The van der Waals surface area contributed by atoms with E-state index in [-0.39, 0.29) is 5.92 Å². The van der Waals surface area contributed by atoms with Crippen LogP contribution in [0.2, 0.25) is 0 Å². The summed E-state index contributed by atoms with van der Waals surface area (Å²) >= 11 is 0. The number of nitrogens with zero attached hydrogens (tertiary/aromatic N) is 1. The first-order valence-corrected chi connectivity index (χ1v) is 5.58. The van der Waals surface area contributed by atoms with Crippen molar-refractivity contribution in [3.8, 4) is 5.75 Å². The van der Waals surface area contributed by atoms with Gasteiger partial charge in [0.05, 0.1) is 18.5 Å². The van der Waals surface area contributed by atoms with Crippen molar-refractivity contribution in [1.82, 2.24) is 4.57 Å². The number of methoxy groups -OCH3 is 1. The van der Waals surface area contributed by atoms with Gasteiger partial charge in [0.25, 0.3) is 0 Å². The number of carboxylic acid groups (broad SMARTS) is 1. The molecule has 1 unspecified atom stereocenters. The molecule has 88 valence electrons. The van der Waals surface area contributed by atoms with E-state index in [9.17, 15) is 4.79 Å². The average molecular weight is 231 g/mol. The van der Waals surface area contributed by atoms with Crippen molar-refractivity contribution in [3.05, 3.63) is 30.0 Å². The lowest BCUT2D eigenvalue weighted by Crippen LogP contribution is -2.14. The van der Waals surface area contributed by atoms with Crippen LogP contribution in [0.15, 0.2) is 24.3 Å². The Kier molecular flexibility index (Phi) is 2.11. The average Bonchev–Trinajstić information content (AvgIpc) is 2.85. The zero-order valence-corrected chi connectivity index (χ0v) is 9.51. The fourth-order valence-corrected chi connectivity index (χ4v) is 2.58. The van der Waals surface area contributed by atoms with Crippen LogP contribution in [-0.4, -0.2) is 22.8 Å². The van der Waals surface area contributed by atoms with Crippen LogP contribution in [0.1, 0.15) is 5.69 Å². The molecule has 2 heterocycles. The predicted octanol–water partition coefficient (Wildman–Crippen LogP) is 1.91. The summed E-state index contributed by atoms with van der Waals surface area (Å²) in [6.07, 6.45) is 0.604. The molecule has 1 aromatic carbocycles. The Bertz CT molecular complexity index is 600. The molecule has 0 saturated heterocycles. The minimum Gasteiger partial charge on any atom is -0.496 e. The fraction of sp³-hybridized carbons (Fsp3) is 0.308. The quantitative estimate of drug-likeness (QED) is 0.858. The van der Waals surface area contributed by atoms with Crippen molar-refractivity contribution in [2.75, 3.05) is 7.11 Å². The molecule has 1 aromatic heterocycles. The maximum absolute atomic E-state index is 11.0. The highest BCUT2D eigenvalue weighted by Gasteiger charge is 2.29. The summed E-state index contributed by atoms with van der Waals surface area (Å²) < 4.78 is 7.39. The molecule has 1 aliphatic heterocycles. The third-order valence-electron chi connectivity index (χ3n) is 3.42. The second-order valence-electron chi connectivity index (χ2n) is 4.38. The van der Waals surface area contributed by atoms with Gasteiger partial charge in [-0.25, -0.2) is 0 Å². The third kappa shape index (κ3) is 1.40. The summed E-state index contributed by atoms with van der Waals surface area (Å²) in [5, 5.41) is 10.1.